The van der Waals surface area contributed by atoms with Gasteiger partial charge in [0.05, 0.1) is 11.4 Å². The molecule has 0 bridgehead atoms. The average Bonchev–Trinajstić information content (AvgIpc) is 3.13. The smallest absolute Gasteiger partial charge is 0.164 e. The van der Waals surface area contributed by atoms with Gasteiger partial charge in [0.1, 0.15) is 5.52 Å². The van der Waals surface area contributed by atoms with Crippen LogP contribution in [0.25, 0.3) is 11.0 Å². The van der Waals surface area contributed by atoms with Crippen LogP contribution in [0, 0.1) is 5.92 Å². The van der Waals surface area contributed by atoms with Crippen LogP contribution < -0.4 is 0 Å². The summed E-state index contributed by atoms with van der Waals surface area (Å²) in [7, 11) is 0. The summed E-state index contributed by atoms with van der Waals surface area (Å²) < 4.78 is 19.2. The topological polar surface area (TPSA) is 58.4 Å². The molecule has 0 N–H and O–H groups in total. The zero-order chi connectivity index (χ0) is 14.7. The third kappa shape index (κ3) is 2.79. The van der Waals surface area contributed by atoms with Crippen LogP contribution in [0.3, 0.4) is 0 Å². The quantitative estimate of drug-likeness (QED) is 0.765. The zero-order valence-corrected chi connectivity index (χ0v) is 12.4. The lowest BCUT2D eigenvalue weighted by Gasteiger charge is -2.27. The van der Waals surface area contributed by atoms with Crippen LogP contribution in [-0.2, 0) is 14.2 Å². The van der Waals surface area contributed by atoms with E-state index in [1.165, 1.54) is 0 Å². The maximum atomic E-state index is 5.89. The minimum absolute atomic E-state index is 0.120. The van der Waals surface area contributed by atoms with Crippen LogP contribution in [0.2, 0.25) is 0 Å². The molecule has 6 heteroatoms. The fraction of sp³-hybridized carbons (Fsp3) is 0.600. The van der Waals surface area contributed by atoms with Gasteiger partial charge in [-0.15, -0.1) is 5.10 Å². The van der Waals surface area contributed by atoms with Crippen molar-refractivity contribution < 1.29 is 14.2 Å². The van der Waals surface area contributed by atoms with Crippen LogP contribution in [0.5, 0.6) is 0 Å². The van der Waals surface area contributed by atoms with E-state index < -0.39 is 0 Å². The van der Waals surface area contributed by atoms with E-state index in [0.717, 1.165) is 17.5 Å². The fourth-order valence-electron chi connectivity index (χ4n) is 2.81. The Kier molecular flexibility index (Phi) is 4.48. The second-order valence-electron chi connectivity index (χ2n) is 5.02. The van der Waals surface area contributed by atoms with Gasteiger partial charge in [-0.1, -0.05) is 17.3 Å². The maximum Gasteiger partial charge on any atom is 0.164 e. The van der Waals surface area contributed by atoms with Crippen molar-refractivity contribution >= 4 is 11.0 Å². The first kappa shape index (κ1) is 14.4. The first-order valence-electron chi connectivity index (χ1n) is 7.50. The number of rotatable bonds is 6. The lowest BCUT2D eigenvalue weighted by molar-refractivity contribution is -0.185. The van der Waals surface area contributed by atoms with Gasteiger partial charge in [-0.25, -0.2) is 4.68 Å². The molecule has 3 rings (SSSR count). The van der Waals surface area contributed by atoms with Gasteiger partial charge >= 0.3 is 0 Å². The number of aromatic nitrogens is 3. The predicted octanol–water partition coefficient (Wildman–Crippen LogP) is 2.37. The number of ether oxygens (including phenoxy) is 3. The maximum absolute atomic E-state index is 5.89. The number of fused-ring (bicyclic) bond motifs is 1. The Morgan fingerprint density at radius 1 is 1.29 bits per heavy atom. The molecule has 114 valence electrons. The molecular formula is C15H21N3O3. The molecule has 2 aromatic rings. The Labute approximate surface area is 124 Å². The molecule has 0 spiro atoms. The van der Waals surface area contributed by atoms with Crippen LogP contribution >= 0.6 is 0 Å². The van der Waals surface area contributed by atoms with Gasteiger partial charge in [-0.2, -0.15) is 0 Å². The van der Waals surface area contributed by atoms with Crippen LogP contribution in [-0.4, -0.2) is 41.1 Å². The first-order chi connectivity index (χ1) is 10.3. The monoisotopic (exact) mass is 291 g/mol. The van der Waals surface area contributed by atoms with E-state index in [2.05, 4.69) is 10.3 Å². The summed E-state index contributed by atoms with van der Waals surface area (Å²) in [6.07, 6.45) is 0.430. The molecule has 2 heterocycles. The summed E-state index contributed by atoms with van der Waals surface area (Å²) >= 11 is 0. The molecule has 0 aliphatic carbocycles. The lowest BCUT2D eigenvalue weighted by Crippen LogP contribution is -2.32. The van der Waals surface area contributed by atoms with Crippen molar-refractivity contribution in [2.75, 3.05) is 19.8 Å². The molecule has 1 aliphatic heterocycles. The highest BCUT2D eigenvalue weighted by atomic mass is 16.7. The van der Waals surface area contributed by atoms with E-state index in [1.54, 1.807) is 0 Å². The van der Waals surface area contributed by atoms with Crippen LogP contribution in [0.4, 0.5) is 0 Å². The van der Waals surface area contributed by atoms with Crippen molar-refractivity contribution in [1.29, 1.82) is 0 Å². The van der Waals surface area contributed by atoms with Gasteiger partial charge in [0.25, 0.3) is 0 Å². The molecule has 0 saturated carbocycles. The molecule has 0 unspecified atom stereocenters. The fourth-order valence-corrected chi connectivity index (χ4v) is 2.81. The third-order valence-electron chi connectivity index (χ3n) is 3.74. The number of benzene rings is 1. The number of hydrogen-bond acceptors (Lipinski definition) is 5. The summed E-state index contributed by atoms with van der Waals surface area (Å²) in [5.74, 6) is 0.120. The van der Waals surface area contributed by atoms with E-state index in [1.807, 2.05) is 42.8 Å². The Morgan fingerprint density at radius 2 is 2.05 bits per heavy atom. The second kappa shape index (κ2) is 6.51. The van der Waals surface area contributed by atoms with Gasteiger partial charge in [-0.05, 0) is 32.4 Å². The highest BCUT2D eigenvalue weighted by Gasteiger charge is 2.38. The number of para-hydroxylation sites is 1. The van der Waals surface area contributed by atoms with E-state index in [9.17, 15) is 0 Å². The average molecular weight is 291 g/mol. The summed E-state index contributed by atoms with van der Waals surface area (Å²) in [6, 6.07) is 7.89. The second-order valence-corrected chi connectivity index (χ2v) is 5.02. The molecule has 1 saturated heterocycles. The molecule has 0 radical (unpaired) electrons. The largest absolute Gasteiger partial charge is 0.356 e. The highest BCUT2D eigenvalue weighted by molar-refractivity contribution is 5.73. The Balaban J connectivity index is 1.89. The van der Waals surface area contributed by atoms with Crippen molar-refractivity contribution in [2.24, 2.45) is 5.92 Å². The van der Waals surface area contributed by atoms with Crippen LogP contribution in [0.1, 0.15) is 26.5 Å². The van der Waals surface area contributed by atoms with Gasteiger partial charge in [0.2, 0.25) is 0 Å². The van der Waals surface area contributed by atoms with E-state index >= 15 is 0 Å². The SMILES string of the molecule is CCOC(OCC)[C@@H]1CCO[C@@H]1n1nnc2ccccc21. The normalized spacial score (nSPS) is 22.4. The van der Waals surface area contributed by atoms with Gasteiger partial charge in [0, 0.05) is 19.8 Å². The van der Waals surface area contributed by atoms with E-state index in [0.29, 0.717) is 19.8 Å². The van der Waals surface area contributed by atoms with Gasteiger partial charge < -0.3 is 14.2 Å². The van der Waals surface area contributed by atoms with Gasteiger partial charge in [0.15, 0.2) is 12.5 Å². The summed E-state index contributed by atoms with van der Waals surface area (Å²) in [5, 5.41) is 8.46. The molecule has 2 atom stereocenters. The van der Waals surface area contributed by atoms with Crippen molar-refractivity contribution in [3.8, 4) is 0 Å². The molecule has 21 heavy (non-hydrogen) atoms. The third-order valence-corrected chi connectivity index (χ3v) is 3.74. The highest BCUT2D eigenvalue weighted by Crippen LogP contribution is 2.35. The number of hydrogen-bond donors (Lipinski definition) is 0. The number of nitrogens with zero attached hydrogens (tertiary/aromatic N) is 3. The van der Waals surface area contributed by atoms with Gasteiger partial charge in [-0.3, -0.25) is 0 Å². The lowest BCUT2D eigenvalue weighted by atomic mass is 10.1. The molecule has 1 aromatic heterocycles. The van der Waals surface area contributed by atoms with Crippen molar-refractivity contribution in [3.63, 3.8) is 0 Å². The minimum atomic E-state index is -0.268. The summed E-state index contributed by atoms with van der Waals surface area (Å²) in [6.45, 7) is 5.86. The molecule has 1 fully saturated rings. The van der Waals surface area contributed by atoms with E-state index in [4.69, 9.17) is 14.2 Å². The molecule has 6 nitrogen and oxygen atoms in total. The summed E-state index contributed by atoms with van der Waals surface area (Å²) in [5.41, 5.74) is 1.84. The Hall–Kier alpha value is -1.50. The Bertz CT molecular complexity index is 580. The molecule has 1 aliphatic rings. The van der Waals surface area contributed by atoms with E-state index in [-0.39, 0.29) is 18.4 Å². The van der Waals surface area contributed by atoms with Crippen molar-refractivity contribution in [3.05, 3.63) is 24.3 Å². The predicted molar refractivity (Wildman–Crippen MR) is 77.7 cm³/mol. The Morgan fingerprint density at radius 3 is 2.81 bits per heavy atom. The van der Waals surface area contributed by atoms with Crippen molar-refractivity contribution in [2.45, 2.75) is 32.8 Å². The standard InChI is InChI=1S/C15H21N3O3/c1-3-19-15(20-4-2)11-9-10-21-14(11)18-13-8-6-5-7-12(13)16-17-18/h5-8,11,14-15H,3-4,9-10H2,1-2H3/t11-,14+/m1/s1. The first-order valence-corrected chi connectivity index (χ1v) is 7.50. The molecular weight excluding hydrogens is 270 g/mol. The zero-order valence-electron chi connectivity index (χ0n) is 12.4. The molecule has 0 amide bonds. The van der Waals surface area contributed by atoms with Crippen LogP contribution in [0.15, 0.2) is 24.3 Å². The molecule has 1 aromatic carbocycles. The van der Waals surface area contributed by atoms with Crippen molar-refractivity contribution in [1.82, 2.24) is 15.0 Å². The minimum Gasteiger partial charge on any atom is -0.356 e. The summed E-state index contributed by atoms with van der Waals surface area (Å²) in [4.78, 5) is 0.